The number of allylic oxidation sites excluding steroid dienone is 6. The maximum absolute atomic E-state index is 11.5. The molecule has 1 rings (SSSR count). The van der Waals surface area contributed by atoms with Gasteiger partial charge in [-0.1, -0.05) is 30.4 Å². The van der Waals surface area contributed by atoms with Gasteiger partial charge in [0.05, 0.1) is 0 Å². The lowest BCUT2D eigenvalue weighted by atomic mass is 10.1. The van der Waals surface area contributed by atoms with Crippen molar-refractivity contribution in [3.05, 3.63) is 48.1 Å². The number of hydrogen-bond acceptors (Lipinski definition) is 2. The monoisotopic (exact) mass is 190 g/mol. The van der Waals surface area contributed by atoms with Crippen molar-refractivity contribution in [1.29, 1.82) is 0 Å². The Hall–Kier alpha value is -1.61. The second-order valence-corrected chi connectivity index (χ2v) is 2.80. The van der Waals surface area contributed by atoms with Crippen LogP contribution in [0.15, 0.2) is 48.1 Å². The molecule has 0 unspecified atom stereocenters. The third kappa shape index (κ3) is 3.41. The summed E-state index contributed by atoms with van der Waals surface area (Å²) >= 11 is 0. The van der Waals surface area contributed by atoms with Crippen molar-refractivity contribution < 1.29 is 4.79 Å². The molecule has 74 valence electrons. The summed E-state index contributed by atoms with van der Waals surface area (Å²) in [5, 5.41) is 2.71. The molecular formula is C11H14N2O. The average Bonchev–Trinajstić information content (AvgIpc) is 2.13. The first kappa shape index (κ1) is 10.5. The van der Waals surface area contributed by atoms with Crippen LogP contribution in [-0.2, 0) is 4.79 Å². The smallest absolute Gasteiger partial charge is 0.251 e. The Morgan fingerprint density at radius 2 is 1.93 bits per heavy atom. The van der Waals surface area contributed by atoms with E-state index in [9.17, 15) is 4.79 Å². The number of amides is 1. The standard InChI is InChI=1S/C11H14N2O/c12-8-9-13-11(14)10-6-4-2-1-3-5-7-10/h1-7H,8-9,12H2,(H,13,14). The Morgan fingerprint density at radius 1 is 1.21 bits per heavy atom. The normalized spacial score (nSPS) is 14.5. The summed E-state index contributed by atoms with van der Waals surface area (Å²) in [5.41, 5.74) is 5.92. The zero-order chi connectivity index (χ0) is 10.2. The van der Waals surface area contributed by atoms with Crippen LogP contribution < -0.4 is 11.1 Å². The van der Waals surface area contributed by atoms with Gasteiger partial charge in [-0.05, 0) is 12.2 Å². The molecule has 0 aromatic carbocycles. The van der Waals surface area contributed by atoms with Gasteiger partial charge >= 0.3 is 0 Å². The number of nitrogens with one attached hydrogen (secondary N) is 1. The molecule has 0 aliphatic heterocycles. The highest BCUT2D eigenvalue weighted by Crippen LogP contribution is 2.01. The van der Waals surface area contributed by atoms with Crippen LogP contribution in [-0.4, -0.2) is 19.0 Å². The predicted octanol–water partition coefficient (Wildman–Crippen LogP) is 0.670. The van der Waals surface area contributed by atoms with Gasteiger partial charge in [0.15, 0.2) is 0 Å². The van der Waals surface area contributed by atoms with Crippen molar-refractivity contribution in [1.82, 2.24) is 5.32 Å². The summed E-state index contributed by atoms with van der Waals surface area (Å²) in [6.07, 6.45) is 12.9. The van der Waals surface area contributed by atoms with Crippen LogP contribution >= 0.6 is 0 Å². The van der Waals surface area contributed by atoms with Crippen molar-refractivity contribution >= 4 is 5.91 Å². The van der Waals surface area contributed by atoms with E-state index < -0.39 is 0 Å². The fourth-order valence-electron chi connectivity index (χ4n) is 1.01. The first-order valence-electron chi connectivity index (χ1n) is 4.54. The van der Waals surface area contributed by atoms with E-state index >= 15 is 0 Å². The first-order chi connectivity index (χ1) is 6.84. The van der Waals surface area contributed by atoms with Crippen molar-refractivity contribution in [2.24, 2.45) is 5.73 Å². The van der Waals surface area contributed by atoms with Crippen LogP contribution in [0.5, 0.6) is 0 Å². The third-order valence-corrected chi connectivity index (χ3v) is 1.69. The minimum Gasteiger partial charge on any atom is -0.351 e. The SMILES string of the molecule is NCCNC(=O)C1=CC=CC=CC=C1. The van der Waals surface area contributed by atoms with E-state index in [1.165, 1.54) is 0 Å². The fraction of sp³-hybridized carbons (Fsp3) is 0.182. The largest absolute Gasteiger partial charge is 0.351 e. The van der Waals surface area contributed by atoms with Crippen LogP contribution in [0.4, 0.5) is 0 Å². The van der Waals surface area contributed by atoms with Crippen molar-refractivity contribution in [2.45, 2.75) is 0 Å². The Labute approximate surface area is 83.7 Å². The quantitative estimate of drug-likeness (QED) is 0.687. The Bertz CT molecular complexity index is 311. The summed E-state index contributed by atoms with van der Waals surface area (Å²) in [6.45, 7) is 0.960. The molecule has 0 saturated heterocycles. The average molecular weight is 190 g/mol. The molecule has 0 aromatic rings. The first-order valence-corrected chi connectivity index (χ1v) is 4.54. The molecule has 3 heteroatoms. The van der Waals surface area contributed by atoms with Gasteiger partial charge in [0, 0.05) is 18.7 Å². The molecule has 0 heterocycles. The minimum atomic E-state index is -0.0911. The third-order valence-electron chi connectivity index (χ3n) is 1.69. The molecule has 0 saturated carbocycles. The Kier molecular flexibility index (Phi) is 4.44. The van der Waals surface area contributed by atoms with Crippen LogP contribution in [0.2, 0.25) is 0 Å². The molecule has 0 spiro atoms. The molecule has 0 fully saturated rings. The van der Waals surface area contributed by atoms with E-state index in [0.717, 1.165) is 0 Å². The number of carbonyl (C=O) groups is 1. The topological polar surface area (TPSA) is 55.1 Å². The summed E-state index contributed by atoms with van der Waals surface area (Å²) in [6, 6.07) is 0. The van der Waals surface area contributed by atoms with Gasteiger partial charge in [0.1, 0.15) is 0 Å². The molecule has 1 aliphatic rings. The molecule has 1 amide bonds. The van der Waals surface area contributed by atoms with E-state index in [-0.39, 0.29) is 5.91 Å². The van der Waals surface area contributed by atoms with Crippen LogP contribution in [0, 0.1) is 0 Å². The molecule has 3 nitrogen and oxygen atoms in total. The van der Waals surface area contributed by atoms with E-state index in [1.54, 1.807) is 12.2 Å². The summed E-state index contributed by atoms with van der Waals surface area (Å²) in [4.78, 5) is 11.5. The predicted molar refractivity (Wildman–Crippen MR) is 57.6 cm³/mol. The van der Waals surface area contributed by atoms with Crippen LogP contribution in [0.1, 0.15) is 0 Å². The summed E-state index contributed by atoms with van der Waals surface area (Å²) < 4.78 is 0. The zero-order valence-electron chi connectivity index (χ0n) is 7.94. The Balaban J connectivity index is 2.61. The number of nitrogens with two attached hydrogens (primary N) is 1. The molecule has 3 N–H and O–H groups in total. The highest BCUT2D eigenvalue weighted by Gasteiger charge is 2.03. The summed E-state index contributed by atoms with van der Waals surface area (Å²) in [5.74, 6) is -0.0911. The van der Waals surface area contributed by atoms with E-state index in [0.29, 0.717) is 18.7 Å². The second kappa shape index (κ2) is 5.94. The van der Waals surface area contributed by atoms with Gasteiger partial charge in [-0.2, -0.15) is 0 Å². The van der Waals surface area contributed by atoms with Crippen LogP contribution in [0.3, 0.4) is 0 Å². The molecule has 14 heavy (non-hydrogen) atoms. The van der Waals surface area contributed by atoms with Gasteiger partial charge in [-0.25, -0.2) is 0 Å². The lowest BCUT2D eigenvalue weighted by Crippen LogP contribution is -2.29. The fourth-order valence-corrected chi connectivity index (χ4v) is 1.01. The molecule has 0 atom stereocenters. The van der Waals surface area contributed by atoms with Gasteiger partial charge in [-0.15, -0.1) is 0 Å². The van der Waals surface area contributed by atoms with E-state index in [4.69, 9.17) is 5.73 Å². The number of rotatable bonds is 3. The van der Waals surface area contributed by atoms with Gasteiger partial charge in [0.25, 0.3) is 5.91 Å². The highest BCUT2D eigenvalue weighted by atomic mass is 16.1. The maximum atomic E-state index is 11.5. The molecular weight excluding hydrogens is 176 g/mol. The molecule has 0 aromatic heterocycles. The zero-order valence-corrected chi connectivity index (χ0v) is 7.94. The van der Waals surface area contributed by atoms with Crippen molar-refractivity contribution in [2.75, 3.05) is 13.1 Å². The maximum Gasteiger partial charge on any atom is 0.251 e. The van der Waals surface area contributed by atoms with E-state index in [2.05, 4.69) is 5.32 Å². The Morgan fingerprint density at radius 3 is 2.71 bits per heavy atom. The highest BCUT2D eigenvalue weighted by molar-refractivity contribution is 5.96. The summed E-state index contributed by atoms with van der Waals surface area (Å²) in [7, 11) is 0. The molecule has 0 radical (unpaired) electrons. The lowest BCUT2D eigenvalue weighted by molar-refractivity contribution is -0.117. The van der Waals surface area contributed by atoms with Gasteiger partial charge in [-0.3, -0.25) is 4.79 Å². The van der Waals surface area contributed by atoms with Crippen molar-refractivity contribution in [3.63, 3.8) is 0 Å². The van der Waals surface area contributed by atoms with Crippen molar-refractivity contribution in [3.8, 4) is 0 Å². The number of hydrogen-bond donors (Lipinski definition) is 2. The van der Waals surface area contributed by atoms with Crippen LogP contribution in [0.25, 0.3) is 0 Å². The van der Waals surface area contributed by atoms with Gasteiger partial charge < -0.3 is 11.1 Å². The second-order valence-electron chi connectivity index (χ2n) is 2.80. The minimum absolute atomic E-state index is 0.0911. The van der Waals surface area contributed by atoms with E-state index in [1.807, 2.05) is 30.4 Å². The lowest BCUT2D eigenvalue weighted by Gasteiger charge is -2.03. The molecule has 1 aliphatic carbocycles. The molecule has 0 bridgehead atoms. The number of carbonyl (C=O) groups excluding carboxylic acids is 1. The van der Waals surface area contributed by atoms with Gasteiger partial charge in [0.2, 0.25) is 0 Å².